The summed E-state index contributed by atoms with van der Waals surface area (Å²) in [5.74, 6) is 0.638. The van der Waals surface area contributed by atoms with Crippen molar-refractivity contribution >= 4 is 17.5 Å². The van der Waals surface area contributed by atoms with Crippen molar-refractivity contribution < 1.29 is 19.1 Å². The molecule has 1 aromatic carbocycles. The summed E-state index contributed by atoms with van der Waals surface area (Å²) in [6.45, 7) is 2.43. The van der Waals surface area contributed by atoms with E-state index in [2.05, 4.69) is 20.5 Å². The highest BCUT2D eigenvalue weighted by molar-refractivity contribution is 6.06. The molecule has 1 aliphatic heterocycles. The molecule has 3 rings (SSSR count). The fraction of sp³-hybridized carbons (Fsp3) is 0.350. The molecule has 0 saturated heterocycles. The summed E-state index contributed by atoms with van der Waals surface area (Å²) in [6, 6.07) is 6.73. The average molecular weight is 384 g/mol. The fourth-order valence-electron chi connectivity index (χ4n) is 2.71. The van der Waals surface area contributed by atoms with E-state index in [-0.39, 0.29) is 11.8 Å². The highest BCUT2D eigenvalue weighted by Crippen LogP contribution is 2.32. The first-order valence-corrected chi connectivity index (χ1v) is 9.12. The van der Waals surface area contributed by atoms with Crippen LogP contribution in [0.2, 0.25) is 0 Å². The van der Waals surface area contributed by atoms with Gasteiger partial charge in [-0.1, -0.05) is 0 Å². The van der Waals surface area contributed by atoms with Crippen LogP contribution in [-0.2, 0) is 0 Å². The third kappa shape index (κ3) is 5.20. The lowest BCUT2D eigenvalue weighted by Crippen LogP contribution is -2.27. The normalized spacial score (nSPS) is 12.5. The average Bonchev–Trinajstić information content (AvgIpc) is 2.71. The predicted octanol–water partition coefficient (Wildman–Crippen LogP) is 1.79. The molecule has 2 heterocycles. The Hall–Kier alpha value is -3.13. The fourth-order valence-corrected chi connectivity index (χ4v) is 2.71. The molecule has 148 valence electrons. The Morgan fingerprint density at radius 1 is 1.04 bits per heavy atom. The molecule has 0 bridgehead atoms. The second kappa shape index (κ2) is 9.18. The molecule has 1 aliphatic rings. The maximum atomic E-state index is 12.5. The van der Waals surface area contributed by atoms with Gasteiger partial charge in [-0.3, -0.25) is 14.6 Å². The number of nitrogens with zero attached hydrogens (tertiary/aromatic N) is 2. The number of nitrogens with one attached hydrogen (secondary N) is 2. The highest BCUT2D eigenvalue weighted by atomic mass is 16.6. The molecule has 8 heteroatoms. The molecule has 0 unspecified atom stereocenters. The largest absolute Gasteiger partial charge is 0.486 e. The minimum Gasteiger partial charge on any atom is -0.486 e. The first kappa shape index (κ1) is 19.6. The number of aromatic nitrogens is 1. The monoisotopic (exact) mass is 384 g/mol. The minimum absolute atomic E-state index is 0.250. The van der Waals surface area contributed by atoms with Crippen molar-refractivity contribution in [1.29, 1.82) is 0 Å². The summed E-state index contributed by atoms with van der Waals surface area (Å²) in [7, 11) is 3.96. The first-order chi connectivity index (χ1) is 13.5. The third-order valence-corrected chi connectivity index (χ3v) is 4.13. The van der Waals surface area contributed by atoms with Gasteiger partial charge < -0.3 is 25.0 Å². The Bertz CT molecular complexity index is 854. The number of pyridine rings is 1. The van der Waals surface area contributed by atoms with E-state index in [1.165, 1.54) is 18.5 Å². The van der Waals surface area contributed by atoms with Gasteiger partial charge in [0.05, 0.1) is 11.1 Å². The summed E-state index contributed by atoms with van der Waals surface area (Å²) in [6.07, 6.45) is 3.72. The van der Waals surface area contributed by atoms with E-state index < -0.39 is 0 Å². The molecule has 8 nitrogen and oxygen atoms in total. The van der Waals surface area contributed by atoms with Crippen LogP contribution in [0.25, 0.3) is 0 Å². The van der Waals surface area contributed by atoms with E-state index in [1.54, 1.807) is 18.2 Å². The number of hydrogen-bond acceptors (Lipinski definition) is 6. The molecule has 2 amide bonds. The van der Waals surface area contributed by atoms with Gasteiger partial charge in [-0.05, 0) is 45.3 Å². The van der Waals surface area contributed by atoms with Crippen LogP contribution in [0.5, 0.6) is 11.5 Å². The lowest BCUT2D eigenvalue weighted by Gasteiger charge is -2.19. The molecule has 0 atom stereocenters. The van der Waals surface area contributed by atoms with Gasteiger partial charge in [0.1, 0.15) is 13.2 Å². The minimum atomic E-state index is -0.355. The first-order valence-electron chi connectivity index (χ1n) is 9.12. The summed E-state index contributed by atoms with van der Waals surface area (Å²) in [4.78, 5) is 30.9. The SMILES string of the molecule is CN(C)CCCNC(=O)c1cncc(C(=O)Nc2ccc3c(c2)OCCO3)c1. The zero-order valence-corrected chi connectivity index (χ0v) is 16.0. The summed E-state index contributed by atoms with van der Waals surface area (Å²) >= 11 is 0. The van der Waals surface area contributed by atoms with Crippen molar-refractivity contribution in [2.45, 2.75) is 6.42 Å². The predicted molar refractivity (Wildman–Crippen MR) is 105 cm³/mol. The van der Waals surface area contributed by atoms with Crippen LogP contribution in [0.3, 0.4) is 0 Å². The number of amides is 2. The Morgan fingerprint density at radius 2 is 1.75 bits per heavy atom. The topological polar surface area (TPSA) is 92.8 Å². The zero-order valence-electron chi connectivity index (χ0n) is 16.0. The quantitative estimate of drug-likeness (QED) is 0.707. The van der Waals surface area contributed by atoms with Crippen LogP contribution in [0.1, 0.15) is 27.1 Å². The van der Waals surface area contributed by atoms with Gasteiger partial charge in [0.2, 0.25) is 0 Å². The van der Waals surface area contributed by atoms with Gasteiger partial charge in [0.25, 0.3) is 11.8 Å². The van der Waals surface area contributed by atoms with E-state index >= 15 is 0 Å². The standard InChI is InChI=1S/C20H24N4O4/c1-24(2)7-3-6-22-19(25)14-10-15(13-21-12-14)20(26)23-16-4-5-17-18(11-16)28-9-8-27-17/h4-5,10-13H,3,6-9H2,1-2H3,(H,22,25)(H,23,26). The maximum absolute atomic E-state index is 12.5. The molecule has 2 aromatic rings. The van der Waals surface area contributed by atoms with E-state index in [0.717, 1.165) is 13.0 Å². The van der Waals surface area contributed by atoms with E-state index in [4.69, 9.17) is 9.47 Å². The molecule has 28 heavy (non-hydrogen) atoms. The maximum Gasteiger partial charge on any atom is 0.257 e. The molecule has 0 fully saturated rings. The lowest BCUT2D eigenvalue weighted by molar-refractivity contribution is 0.0952. The number of carbonyl (C=O) groups excluding carboxylic acids is 2. The number of fused-ring (bicyclic) bond motifs is 1. The molecule has 0 spiro atoms. The molecule has 2 N–H and O–H groups in total. The lowest BCUT2D eigenvalue weighted by atomic mass is 10.1. The highest BCUT2D eigenvalue weighted by Gasteiger charge is 2.15. The molecule has 0 radical (unpaired) electrons. The molecule has 0 aliphatic carbocycles. The van der Waals surface area contributed by atoms with Crippen molar-refractivity contribution in [3.63, 3.8) is 0 Å². The van der Waals surface area contributed by atoms with Crippen molar-refractivity contribution in [3.05, 3.63) is 47.8 Å². The van der Waals surface area contributed by atoms with Gasteiger partial charge >= 0.3 is 0 Å². The summed E-state index contributed by atoms with van der Waals surface area (Å²) in [5.41, 5.74) is 1.23. The Morgan fingerprint density at radius 3 is 2.50 bits per heavy atom. The molecular weight excluding hydrogens is 360 g/mol. The van der Waals surface area contributed by atoms with Crippen molar-refractivity contribution in [2.75, 3.05) is 45.7 Å². The number of hydrogen-bond donors (Lipinski definition) is 2. The number of ether oxygens (including phenoxy) is 2. The Balaban J connectivity index is 1.61. The summed E-state index contributed by atoms with van der Waals surface area (Å²) in [5, 5.41) is 5.62. The zero-order chi connectivity index (χ0) is 19.9. The molecule has 1 aromatic heterocycles. The van der Waals surface area contributed by atoms with Crippen LogP contribution < -0.4 is 20.1 Å². The molecule has 0 saturated carbocycles. The van der Waals surface area contributed by atoms with Gasteiger partial charge in [-0.2, -0.15) is 0 Å². The van der Waals surface area contributed by atoms with E-state index in [1.807, 2.05) is 14.1 Å². The number of anilines is 1. The Labute approximate surface area is 163 Å². The van der Waals surface area contributed by atoms with E-state index in [9.17, 15) is 9.59 Å². The van der Waals surface area contributed by atoms with Crippen molar-refractivity contribution in [1.82, 2.24) is 15.2 Å². The van der Waals surface area contributed by atoms with Gasteiger partial charge in [0.15, 0.2) is 11.5 Å². The Kier molecular flexibility index (Phi) is 6.44. The smallest absolute Gasteiger partial charge is 0.257 e. The van der Waals surface area contributed by atoms with Crippen LogP contribution in [0.15, 0.2) is 36.7 Å². The number of carbonyl (C=O) groups is 2. The second-order valence-corrected chi connectivity index (χ2v) is 6.69. The van der Waals surface area contributed by atoms with Gasteiger partial charge in [0, 0.05) is 30.7 Å². The summed E-state index contributed by atoms with van der Waals surface area (Å²) < 4.78 is 11.0. The van der Waals surface area contributed by atoms with Crippen LogP contribution in [0, 0.1) is 0 Å². The van der Waals surface area contributed by atoms with Crippen LogP contribution in [0.4, 0.5) is 5.69 Å². The number of rotatable bonds is 7. The van der Waals surface area contributed by atoms with Crippen LogP contribution in [-0.4, -0.2) is 62.1 Å². The van der Waals surface area contributed by atoms with Crippen molar-refractivity contribution in [2.24, 2.45) is 0 Å². The van der Waals surface area contributed by atoms with Gasteiger partial charge in [-0.25, -0.2) is 0 Å². The van der Waals surface area contributed by atoms with Crippen LogP contribution >= 0.6 is 0 Å². The van der Waals surface area contributed by atoms with Gasteiger partial charge in [-0.15, -0.1) is 0 Å². The van der Waals surface area contributed by atoms with Crippen molar-refractivity contribution in [3.8, 4) is 11.5 Å². The van der Waals surface area contributed by atoms with E-state index in [0.29, 0.717) is 48.1 Å². The third-order valence-electron chi connectivity index (χ3n) is 4.13. The second-order valence-electron chi connectivity index (χ2n) is 6.69. The number of benzene rings is 1. The molecular formula is C20H24N4O4.